The van der Waals surface area contributed by atoms with Crippen LogP contribution in [0.15, 0.2) is 36.5 Å². The van der Waals surface area contributed by atoms with Crippen LogP contribution in [0.25, 0.3) is 0 Å². The molecule has 0 saturated carbocycles. The average Bonchev–Trinajstić information content (AvgIpc) is 3.31. The van der Waals surface area contributed by atoms with Gasteiger partial charge in [0.2, 0.25) is 0 Å². The molecule has 0 heterocycles. The van der Waals surface area contributed by atoms with Gasteiger partial charge in [-0.2, -0.15) is 0 Å². The molecule has 0 spiro atoms. The molecule has 0 fully saturated rings. The molecule has 0 radical (unpaired) electrons. The molecule has 0 aliphatic heterocycles. The van der Waals surface area contributed by atoms with E-state index in [2.05, 4.69) is 57.2 Å². The van der Waals surface area contributed by atoms with E-state index in [9.17, 15) is 14.4 Å². The fourth-order valence-corrected chi connectivity index (χ4v) is 8.47. The van der Waals surface area contributed by atoms with Crippen LogP contribution in [0.2, 0.25) is 0 Å². The van der Waals surface area contributed by atoms with Gasteiger partial charge in [-0.15, -0.1) is 0 Å². The molecule has 6 heteroatoms. The van der Waals surface area contributed by atoms with Crippen molar-refractivity contribution in [1.29, 1.82) is 0 Å². The Morgan fingerprint density at radius 3 is 0.864 bits per heavy atom. The van der Waals surface area contributed by atoms with Crippen LogP contribution in [0.3, 0.4) is 0 Å². The van der Waals surface area contributed by atoms with E-state index in [1.165, 1.54) is 193 Å². The molecule has 386 valence electrons. The minimum absolute atomic E-state index is 0.0755. The quantitative estimate of drug-likeness (QED) is 0.0262. The fraction of sp³-hybridized carbons (Fsp3) is 0.850. The minimum Gasteiger partial charge on any atom is -0.462 e. The number of esters is 3. The first-order valence-corrected chi connectivity index (χ1v) is 29.0. The van der Waals surface area contributed by atoms with Crippen molar-refractivity contribution < 1.29 is 28.6 Å². The summed E-state index contributed by atoms with van der Waals surface area (Å²) in [7, 11) is 0. The zero-order valence-corrected chi connectivity index (χ0v) is 44.2. The summed E-state index contributed by atoms with van der Waals surface area (Å²) in [4.78, 5) is 38.1. The highest BCUT2D eigenvalue weighted by molar-refractivity contribution is 5.71. The summed E-state index contributed by atoms with van der Waals surface area (Å²) in [5, 5.41) is 0. The standard InChI is InChI=1S/C60H110O6/c1-4-7-10-13-16-19-22-25-27-29-31-32-35-38-41-44-47-50-53-59(62)65-56-57(55-64-58(61)52-49-46-43-40-37-34-24-21-18-15-12-9-6-3)66-60(63)54-51-48-45-42-39-36-33-30-28-26-23-20-17-14-11-8-5-2/h19,21-22,24,27,29,57H,4-18,20,23,25-26,28,30-56H2,1-3H3/b22-19-,24-21-,29-27-. The van der Waals surface area contributed by atoms with Gasteiger partial charge in [-0.1, -0.05) is 250 Å². The third kappa shape index (κ3) is 52.6. The molecule has 0 aliphatic carbocycles. The SMILES string of the molecule is CCCCCC/C=C\C/C=C\CCCCCCCCCC(=O)OCC(COC(=O)CCCCCCC/C=C\CCCCCC)OC(=O)CCCCCCCCCCCCCCCCCCC. The Morgan fingerprint density at radius 1 is 0.303 bits per heavy atom. The molecule has 0 amide bonds. The molecule has 0 aromatic heterocycles. The molecule has 0 bridgehead atoms. The van der Waals surface area contributed by atoms with Gasteiger partial charge in [0, 0.05) is 19.3 Å². The molecular weight excluding hydrogens is 817 g/mol. The van der Waals surface area contributed by atoms with Gasteiger partial charge in [-0.3, -0.25) is 14.4 Å². The predicted molar refractivity (Wildman–Crippen MR) is 284 cm³/mol. The largest absolute Gasteiger partial charge is 0.462 e. The summed E-state index contributed by atoms with van der Waals surface area (Å²) in [6, 6.07) is 0. The smallest absolute Gasteiger partial charge is 0.306 e. The summed E-state index contributed by atoms with van der Waals surface area (Å²) in [5.74, 6) is -0.874. The first-order valence-electron chi connectivity index (χ1n) is 29.0. The van der Waals surface area contributed by atoms with Crippen molar-refractivity contribution in [2.24, 2.45) is 0 Å². The van der Waals surface area contributed by atoms with Crippen LogP contribution in [-0.4, -0.2) is 37.2 Å². The van der Waals surface area contributed by atoms with E-state index in [-0.39, 0.29) is 31.1 Å². The fourth-order valence-electron chi connectivity index (χ4n) is 8.47. The summed E-state index contributed by atoms with van der Waals surface area (Å²) in [6.07, 6.45) is 65.6. The second-order valence-corrected chi connectivity index (χ2v) is 19.6. The first-order chi connectivity index (χ1) is 32.5. The maximum atomic E-state index is 12.9. The van der Waals surface area contributed by atoms with Crippen LogP contribution in [0.1, 0.15) is 310 Å². The Hall–Kier alpha value is -2.37. The highest BCUT2D eigenvalue weighted by Crippen LogP contribution is 2.16. The highest BCUT2D eigenvalue weighted by Gasteiger charge is 2.19. The van der Waals surface area contributed by atoms with Crippen molar-refractivity contribution in [3.63, 3.8) is 0 Å². The lowest BCUT2D eigenvalue weighted by atomic mass is 10.0. The summed E-state index contributed by atoms with van der Waals surface area (Å²) >= 11 is 0. The van der Waals surface area contributed by atoms with E-state index in [0.29, 0.717) is 19.3 Å². The van der Waals surface area contributed by atoms with Crippen LogP contribution in [0.5, 0.6) is 0 Å². The number of rotatable bonds is 53. The predicted octanol–water partition coefficient (Wildman–Crippen LogP) is 19.3. The van der Waals surface area contributed by atoms with Crippen molar-refractivity contribution >= 4 is 17.9 Å². The number of hydrogen-bond acceptors (Lipinski definition) is 6. The van der Waals surface area contributed by atoms with Crippen molar-refractivity contribution in [1.82, 2.24) is 0 Å². The zero-order chi connectivity index (χ0) is 47.9. The van der Waals surface area contributed by atoms with Gasteiger partial charge < -0.3 is 14.2 Å². The van der Waals surface area contributed by atoms with E-state index in [4.69, 9.17) is 14.2 Å². The van der Waals surface area contributed by atoms with E-state index in [1.807, 2.05) is 0 Å². The Labute approximate surface area is 410 Å². The van der Waals surface area contributed by atoms with Crippen LogP contribution in [0, 0.1) is 0 Å². The topological polar surface area (TPSA) is 78.9 Å². The Morgan fingerprint density at radius 2 is 0.545 bits per heavy atom. The Bertz CT molecular complexity index is 1110. The van der Waals surface area contributed by atoms with Crippen LogP contribution < -0.4 is 0 Å². The van der Waals surface area contributed by atoms with Crippen molar-refractivity contribution in [2.45, 2.75) is 316 Å². The van der Waals surface area contributed by atoms with E-state index >= 15 is 0 Å². The van der Waals surface area contributed by atoms with Gasteiger partial charge in [-0.05, 0) is 77.0 Å². The van der Waals surface area contributed by atoms with Crippen LogP contribution in [0.4, 0.5) is 0 Å². The van der Waals surface area contributed by atoms with Gasteiger partial charge in [0.15, 0.2) is 6.10 Å². The van der Waals surface area contributed by atoms with Crippen LogP contribution in [-0.2, 0) is 28.6 Å². The third-order valence-electron chi connectivity index (χ3n) is 12.9. The molecule has 0 saturated heterocycles. The third-order valence-corrected chi connectivity index (χ3v) is 12.9. The van der Waals surface area contributed by atoms with Gasteiger partial charge in [0.05, 0.1) is 0 Å². The second-order valence-electron chi connectivity index (χ2n) is 19.6. The molecular formula is C60H110O6. The van der Waals surface area contributed by atoms with Gasteiger partial charge in [0.1, 0.15) is 13.2 Å². The van der Waals surface area contributed by atoms with Gasteiger partial charge in [0.25, 0.3) is 0 Å². The van der Waals surface area contributed by atoms with E-state index in [0.717, 1.165) is 77.0 Å². The van der Waals surface area contributed by atoms with Crippen molar-refractivity contribution in [3.05, 3.63) is 36.5 Å². The lowest BCUT2D eigenvalue weighted by molar-refractivity contribution is -0.167. The molecule has 0 aliphatic rings. The molecule has 0 aromatic carbocycles. The Kier molecular flexibility index (Phi) is 53.2. The summed E-state index contributed by atoms with van der Waals surface area (Å²) in [5.41, 5.74) is 0. The number of unbranched alkanes of at least 4 members (excludes halogenated alkanes) is 36. The van der Waals surface area contributed by atoms with Crippen molar-refractivity contribution in [2.75, 3.05) is 13.2 Å². The summed E-state index contributed by atoms with van der Waals surface area (Å²) < 4.78 is 16.9. The maximum absolute atomic E-state index is 12.9. The molecule has 0 rings (SSSR count). The normalized spacial score (nSPS) is 12.2. The van der Waals surface area contributed by atoms with E-state index < -0.39 is 6.10 Å². The van der Waals surface area contributed by atoms with Crippen molar-refractivity contribution in [3.8, 4) is 0 Å². The lowest BCUT2D eigenvalue weighted by Gasteiger charge is -2.18. The number of carbonyl (C=O) groups is 3. The average molecular weight is 928 g/mol. The molecule has 1 atom stereocenters. The molecule has 6 nitrogen and oxygen atoms in total. The monoisotopic (exact) mass is 927 g/mol. The van der Waals surface area contributed by atoms with Gasteiger partial charge >= 0.3 is 17.9 Å². The maximum Gasteiger partial charge on any atom is 0.306 e. The molecule has 1 unspecified atom stereocenters. The minimum atomic E-state index is -0.775. The molecule has 66 heavy (non-hydrogen) atoms. The lowest BCUT2D eigenvalue weighted by Crippen LogP contribution is -2.30. The number of allylic oxidation sites excluding steroid dienone is 6. The molecule has 0 N–H and O–H groups in total. The second kappa shape index (κ2) is 55.2. The van der Waals surface area contributed by atoms with Gasteiger partial charge in [-0.25, -0.2) is 0 Å². The van der Waals surface area contributed by atoms with E-state index in [1.54, 1.807) is 0 Å². The highest BCUT2D eigenvalue weighted by atomic mass is 16.6. The first kappa shape index (κ1) is 63.6. The molecule has 0 aromatic rings. The number of hydrogen-bond donors (Lipinski definition) is 0. The number of ether oxygens (including phenoxy) is 3. The summed E-state index contributed by atoms with van der Waals surface area (Å²) in [6.45, 7) is 6.64. The number of carbonyl (C=O) groups excluding carboxylic acids is 3. The van der Waals surface area contributed by atoms with Crippen LogP contribution >= 0.6 is 0 Å². The Balaban J connectivity index is 4.35. The zero-order valence-electron chi connectivity index (χ0n) is 44.2.